The second kappa shape index (κ2) is 20.2. The molecule has 0 aromatic rings. The third kappa shape index (κ3) is 16.5. The molecule has 8 heteroatoms. The summed E-state index contributed by atoms with van der Waals surface area (Å²) in [4.78, 5) is 16.0. The van der Waals surface area contributed by atoms with Gasteiger partial charge in [0.2, 0.25) is 5.91 Å². The molecule has 0 spiro atoms. The molecular formula is C29H46ClFN4O2. The van der Waals surface area contributed by atoms with Gasteiger partial charge in [0.15, 0.2) is 5.95 Å². The molecule has 1 rings (SSSR count). The number of aliphatic hydroxyl groups is 1. The zero-order chi connectivity index (χ0) is 29.1. The molecule has 0 bridgehead atoms. The number of primary amides is 1. The summed E-state index contributed by atoms with van der Waals surface area (Å²) < 4.78 is 12.0. The lowest BCUT2D eigenvalue weighted by Gasteiger charge is -2.16. The number of aliphatic hydroxyl groups excluding tert-OH is 1. The molecule has 0 heterocycles. The molecule has 0 aliphatic heterocycles. The summed E-state index contributed by atoms with van der Waals surface area (Å²) in [6.07, 6.45) is 13.9. The first kappa shape index (κ1) is 36.3. The van der Waals surface area contributed by atoms with Crippen LogP contribution in [0.2, 0.25) is 0 Å². The molecule has 37 heavy (non-hydrogen) atoms. The van der Waals surface area contributed by atoms with Crippen LogP contribution < -0.4 is 17.2 Å². The molecule has 2 unspecified atom stereocenters. The number of hydrogen-bond acceptors (Lipinski definition) is 5. The molecule has 7 N–H and O–H groups in total. The maximum Gasteiger partial charge on any atom is 0.243 e. The van der Waals surface area contributed by atoms with Crippen molar-refractivity contribution in [3.8, 4) is 0 Å². The average molecular weight is 537 g/mol. The molecule has 1 aliphatic rings. The fourth-order valence-corrected chi connectivity index (χ4v) is 3.18. The lowest BCUT2D eigenvalue weighted by molar-refractivity contribution is -0.113. The molecule has 6 nitrogen and oxygen atoms in total. The zero-order valence-electron chi connectivity index (χ0n) is 23.4. The quantitative estimate of drug-likeness (QED) is 0.0818. The standard InChI is InChI=1S/C18H26ClN3O.C9H14FNO.C2H6/c1-4-15(19)10-16(12(2)20)13(3)22-17(11-18(21)23)14-8-6-5-7-9-14;1-6(4-5-9(10)11)7(2)8(3)12;1-2/h4,8,10-12H,5-7,9,20H2,1-3H3,(H2,21,23);4-5,7,12H,3,11H2,1-2H3;1-2H3/b15-4+,16-10-,17-11-,22-13+;6-4-,9-5-;. The summed E-state index contributed by atoms with van der Waals surface area (Å²) in [5.74, 6) is -1.35. The third-order valence-electron chi connectivity index (χ3n) is 5.35. The Morgan fingerprint density at radius 2 is 1.78 bits per heavy atom. The first-order valence-electron chi connectivity index (χ1n) is 12.5. The highest BCUT2D eigenvalue weighted by Crippen LogP contribution is 2.25. The van der Waals surface area contributed by atoms with Crippen molar-refractivity contribution in [3.63, 3.8) is 0 Å². The molecular weight excluding hydrogens is 491 g/mol. The number of nitrogens with zero attached hydrogens (tertiary/aromatic N) is 1. The van der Waals surface area contributed by atoms with E-state index in [4.69, 9.17) is 33.9 Å². The molecule has 1 amide bonds. The van der Waals surface area contributed by atoms with E-state index in [1.54, 1.807) is 19.9 Å². The molecule has 0 radical (unpaired) electrons. The predicted octanol–water partition coefficient (Wildman–Crippen LogP) is 7.17. The van der Waals surface area contributed by atoms with E-state index in [9.17, 15) is 9.18 Å². The third-order valence-corrected chi connectivity index (χ3v) is 5.68. The van der Waals surface area contributed by atoms with Gasteiger partial charge in [0.25, 0.3) is 0 Å². The maximum atomic E-state index is 12.0. The van der Waals surface area contributed by atoms with Crippen molar-refractivity contribution in [2.24, 2.45) is 28.1 Å². The highest BCUT2D eigenvalue weighted by Gasteiger charge is 2.13. The lowest BCUT2D eigenvalue weighted by Crippen LogP contribution is -2.23. The number of carbonyl (C=O) groups is 1. The minimum Gasteiger partial charge on any atom is -0.512 e. The van der Waals surface area contributed by atoms with E-state index in [2.05, 4.69) is 17.6 Å². The summed E-state index contributed by atoms with van der Waals surface area (Å²) >= 11 is 6.09. The summed E-state index contributed by atoms with van der Waals surface area (Å²) in [6, 6.07) is -0.220. The van der Waals surface area contributed by atoms with Gasteiger partial charge in [-0.3, -0.25) is 9.79 Å². The lowest BCUT2D eigenvalue weighted by atomic mass is 9.96. The van der Waals surface area contributed by atoms with E-state index >= 15 is 0 Å². The van der Waals surface area contributed by atoms with Crippen molar-refractivity contribution in [2.45, 2.75) is 80.2 Å². The van der Waals surface area contributed by atoms with E-state index in [0.717, 1.165) is 54.2 Å². The van der Waals surface area contributed by atoms with E-state index in [1.165, 1.54) is 12.2 Å². The number of carbonyl (C=O) groups excluding carboxylic acids is 1. The Morgan fingerprint density at radius 1 is 1.19 bits per heavy atom. The summed E-state index contributed by atoms with van der Waals surface area (Å²) in [5, 5.41) is 9.58. The number of hydrogen-bond donors (Lipinski definition) is 4. The largest absolute Gasteiger partial charge is 0.512 e. The van der Waals surface area contributed by atoms with Crippen molar-refractivity contribution < 1.29 is 14.3 Å². The Morgan fingerprint density at radius 3 is 2.19 bits per heavy atom. The molecule has 0 aromatic carbocycles. The fourth-order valence-electron chi connectivity index (χ4n) is 3.06. The molecule has 0 saturated carbocycles. The number of rotatable bonds is 9. The molecule has 0 saturated heterocycles. The van der Waals surface area contributed by atoms with Crippen LogP contribution in [0.3, 0.4) is 0 Å². The van der Waals surface area contributed by atoms with Gasteiger partial charge >= 0.3 is 0 Å². The molecule has 2 atom stereocenters. The van der Waals surface area contributed by atoms with Crippen LogP contribution in [0.1, 0.15) is 74.1 Å². The Balaban J connectivity index is 0. The van der Waals surface area contributed by atoms with Gasteiger partial charge in [0.1, 0.15) is 0 Å². The maximum absolute atomic E-state index is 12.0. The summed E-state index contributed by atoms with van der Waals surface area (Å²) in [5.41, 5.74) is 20.2. The Bertz CT molecular complexity index is 966. The van der Waals surface area contributed by atoms with Crippen LogP contribution in [0.4, 0.5) is 4.39 Å². The van der Waals surface area contributed by atoms with Crippen molar-refractivity contribution in [2.75, 3.05) is 0 Å². The highest BCUT2D eigenvalue weighted by atomic mass is 35.5. The van der Waals surface area contributed by atoms with Gasteiger partial charge in [-0.2, -0.15) is 4.39 Å². The van der Waals surface area contributed by atoms with Gasteiger partial charge in [-0.05, 0) is 76.7 Å². The zero-order valence-corrected chi connectivity index (χ0v) is 24.2. The average Bonchev–Trinajstić information content (AvgIpc) is 2.86. The van der Waals surface area contributed by atoms with Crippen molar-refractivity contribution >= 4 is 23.2 Å². The first-order valence-corrected chi connectivity index (χ1v) is 12.9. The topological polar surface area (TPSA) is 128 Å². The number of amides is 1. The van der Waals surface area contributed by atoms with Crippen LogP contribution in [-0.2, 0) is 4.79 Å². The van der Waals surface area contributed by atoms with Gasteiger partial charge in [-0.25, -0.2) is 0 Å². The number of nitrogens with two attached hydrogens (primary N) is 3. The number of halogens is 2. The molecule has 0 fully saturated rings. The van der Waals surface area contributed by atoms with E-state index in [-0.39, 0.29) is 17.7 Å². The van der Waals surface area contributed by atoms with Crippen molar-refractivity contribution in [1.82, 2.24) is 0 Å². The Labute approximate surface area is 227 Å². The summed E-state index contributed by atoms with van der Waals surface area (Å²) in [6.45, 7) is 16.5. The Kier molecular flexibility index (Phi) is 19.8. The number of allylic oxidation sites excluding steroid dienone is 8. The highest BCUT2D eigenvalue weighted by molar-refractivity contribution is 6.31. The monoisotopic (exact) mass is 536 g/mol. The van der Waals surface area contributed by atoms with Gasteiger partial charge in [0.05, 0.1) is 11.5 Å². The van der Waals surface area contributed by atoms with Crippen LogP contribution in [0.25, 0.3) is 0 Å². The molecule has 1 aliphatic carbocycles. The smallest absolute Gasteiger partial charge is 0.243 e. The van der Waals surface area contributed by atoms with Crippen LogP contribution in [-0.4, -0.2) is 22.8 Å². The normalized spacial score (nSPS) is 17.4. The second-order valence-corrected chi connectivity index (χ2v) is 8.78. The SMILES string of the molecule is C=C(O)C(C)/C(C)=C\C=C(/N)F.CC.C\C=C(Cl)/C=C(\C(C)=N\C(=C/C(N)=O)C1=CCCCC1)C(C)N. The second-order valence-electron chi connectivity index (χ2n) is 8.34. The molecule has 208 valence electrons. The van der Waals surface area contributed by atoms with Gasteiger partial charge in [0, 0.05) is 28.8 Å². The first-order chi connectivity index (χ1) is 17.3. The van der Waals surface area contributed by atoms with Gasteiger partial charge < -0.3 is 22.3 Å². The van der Waals surface area contributed by atoms with E-state index in [1.807, 2.05) is 40.7 Å². The Hall–Kier alpha value is -2.90. The van der Waals surface area contributed by atoms with Gasteiger partial charge in [-0.15, -0.1) is 0 Å². The molecule has 0 aromatic heterocycles. The van der Waals surface area contributed by atoms with Crippen molar-refractivity contribution in [1.29, 1.82) is 0 Å². The fraction of sp³-hybridized carbons (Fsp3) is 0.448. The van der Waals surface area contributed by atoms with Crippen LogP contribution >= 0.6 is 11.6 Å². The van der Waals surface area contributed by atoms with Gasteiger partial charge in [-0.1, -0.05) is 62.8 Å². The predicted molar refractivity (Wildman–Crippen MR) is 158 cm³/mol. The minimum absolute atomic E-state index is 0.0644. The minimum atomic E-state index is -0.745. The van der Waals surface area contributed by atoms with Crippen molar-refractivity contribution in [3.05, 3.63) is 82.2 Å². The van der Waals surface area contributed by atoms with E-state index in [0.29, 0.717) is 10.7 Å². The van der Waals surface area contributed by atoms with Crippen LogP contribution in [0.15, 0.2) is 87.2 Å². The van der Waals surface area contributed by atoms with Crippen LogP contribution in [0.5, 0.6) is 0 Å². The van der Waals surface area contributed by atoms with E-state index < -0.39 is 11.9 Å². The summed E-state index contributed by atoms with van der Waals surface area (Å²) in [7, 11) is 0. The number of aliphatic imine (C=N–C) groups is 1. The van der Waals surface area contributed by atoms with Crippen LogP contribution in [0, 0.1) is 5.92 Å².